The molecule has 0 bridgehead atoms. The number of rotatable bonds is 17. The van der Waals surface area contributed by atoms with Gasteiger partial charge in [0.25, 0.3) is 0 Å². The minimum atomic E-state index is -4.55. The van der Waals surface area contributed by atoms with Crippen molar-refractivity contribution >= 4 is 67.4 Å². The van der Waals surface area contributed by atoms with Gasteiger partial charge in [-0.15, -0.1) is 0 Å². The summed E-state index contributed by atoms with van der Waals surface area (Å²) in [6.45, 7) is 0.366. The molecule has 0 spiro atoms. The summed E-state index contributed by atoms with van der Waals surface area (Å²) in [7, 11) is 2.11. The Kier molecular flexibility index (Phi) is 16.6. The fourth-order valence-corrected chi connectivity index (χ4v) is 12.5. The molecule has 13 heteroatoms. The molecule has 74 heavy (non-hydrogen) atoms. The van der Waals surface area contributed by atoms with Crippen molar-refractivity contribution in [3.8, 4) is 45.3 Å². The molecule has 372 valence electrons. The number of anilines is 8. The zero-order valence-corrected chi connectivity index (χ0v) is 46.1. The van der Waals surface area contributed by atoms with Crippen molar-refractivity contribution in [3.05, 3.63) is 182 Å². The first-order valence-corrected chi connectivity index (χ1v) is 26.9. The van der Waals surface area contributed by atoms with Crippen LogP contribution in [0.3, 0.4) is 0 Å². The van der Waals surface area contributed by atoms with E-state index in [1.807, 2.05) is 97.1 Å². The van der Waals surface area contributed by atoms with Crippen LogP contribution < -0.4 is 63.2 Å². The van der Waals surface area contributed by atoms with Gasteiger partial charge in [-0.05, 0) is 193 Å². The third-order valence-electron chi connectivity index (χ3n) is 14.1. The van der Waals surface area contributed by atoms with Crippen molar-refractivity contribution in [3.63, 3.8) is 0 Å². The maximum atomic E-state index is 13.1. The average Bonchev–Trinajstić information content (AvgIpc) is 3.44. The van der Waals surface area contributed by atoms with E-state index in [9.17, 15) is 13.0 Å². The Bertz CT molecular complexity index is 2980. The summed E-state index contributed by atoms with van der Waals surface area (Å²) in [5.41, 5.74) is 11.9. The van der Waals surface area contributed by atoms with Crippen LogP contribution in [0.4, 0.5) is 45.5 Å². The van der Waals surface area contributed by atoms with Crippen molar-refractivity contribution in [1.29, 1.82) is 0 Å². The second-order valence-corrected chi connectivity index (χ2v) is 21.1. The van der Waals surface area contributed by atoms with Gasteiger partial charge in [0.05, 0.1) is 55.2 Å². The molecule has 1 atom stereocenters. The standard InChI is InChI=1S/C61H59N3O7S2.Na/c1-68-53-28-20-49(21-29-53)63(50-22-30-54(69-2)31-23-50)47-16-10-42(11-17-47)45-14-36-59-57(40-45)62(39-38-61(73(65,66)67)44-8-6-5-7-9-44)58-41-46(15-37-60(58)72-59)43-12-18-48(19-13-43)64(51-24-32-55(70-3)33-25-51)52-26-34-56(71-4)35-27-52;/h10-37,40-41,44,61H,5-9,38-39H2,1-4H3,(H,65,66,67);/q;+1/p-1. The molecule has 0 saturated heterocycles. The molecule has 0 radical (unpaired) electrons. The summed E-state index contributed by atoms with van der Waals surface area (Å²) in [5, 5.41) is -0.959. The molecule has 1 aliphatic carbocycles. The Morgan fingerprint density at radius 1 is 0.486 bits per heavy atom. The largest absolute Gasteiger partial charge is 1.00 e. The number of hydrogen-bond donors (Lipinski definition) is 0. The topological polar surface area (TPSA) is 104 Å². The van der Waals surface area contributed by atoms with E-state index in [1.165, 1.54) is 0 Å². The maximum Gasteiger partial charge on any atom is 1.00 e. The van der Waals surface area contributed by atoms with Gasteiger partial charge in [0, 0.05) is 50.5 Å². The SMILES string of the molecule is COc1ccc(N(c2ccc(OC)cc2)c2ccc(-c3ccc4c(c3)N(CCC(C3CCCCC3)S(=O)(=O)[O-])c3cc(-c5ccc(N(c6ccc(OC)cc6)c6ccc(OC)cc6)cc5)ccc3S4)cc2)cc1.[Na+]. The van der Waals surface area contributed by atoms with Crippen LogP contribution in [-0.2, 0) is 10.1 Å². The predicted molar refractivity (Wildman–Crippen MR) is 295 cm³/mol. The zero-order valence-electron chi connectivity index (χ0n) is 42.4. The fourth-order valence-electron chi connectivity index (χ4n) is 10.3. The molecular formula is C61H58N3NaO7S2. The van der Waals surface area contributed by atoms with Crippen LogP contribution in [0.15, 0.2) is 192 Å². The first-order chi connectivity index (χ1) is 35.6. The van der Waals surface area contributed by atoms with Crippen LogP contribution in [0.5, 0.6) is 23.0 Å². The van der Waals surface area contributed by atoms with E-state index in [0.29, 0.717) is 6.54 Å². The van der Waals surface area contributed by atoms with Crippen LogP contribution in [0.1, 0.15) is 38.5 Å². The quantitative estimate of drug-likeness (QED) is 0.0643. The minimum Gasteiger partial charge on any atom is -0.748 e. The van der Waals surface area contributed by atoms with Crippen LogP contribution in [0.25, 0.3) is 22.3 Å². The van der Waals surface area contributed by atoms with E-state index < -0.39 is 15.4 Å². The molecule has 0 aromatic heterocycles. The first-order valence-electron chi connectivity index (χ1n) is 24.7. The Morgan fingerprint density at radius 3 is 1.11 bits per heavy atom. The fraction of sp³-hybridized carbons (Fsp3) is 0.213. The summed E-state index contributed by atoms with van der Waals surface area (Å²) >= 11 is 1.70. The van der Waals surface area contributed by atoms with Gasteiger partial charge in [-0.25, -0.2) is 8.42 Å². The maximum absolute atomic E-state index is 13.1. The molecule has 8 aromatic carbocycles. The van der Waals surface area contributed by atoms with E-state index in [1.54, 1.807) is 40.2 Å². The summed E-state index contributed by atoms with van der Waals surface area (Å²) in [6, 6.07) is 62.1. The van der Waals surface area contributed by atoms with Gasteiger partial charge in [-0.1, -0.05) is 67.4 Å². The Balaban J connectivity index is 0.00000672. The van der Waals surface area contributed by atoms with Crippen molar-refractivity contribution in [2.75, 3.05) is 49.7 Å². The third kappa shape index (κ3) is 11.5. The van der Waals surface area contributed by atoms with Gasteiger partial charge in [-0.3, -0.25) is 0 Å². The summed E-state index contributed by atoms with van der Waals surface area (Å²) in [5.74, 6) is 2.97. The molecule has 1 aliphatic heterocycles. The molecule has 1 fully saturated rings. The van der Waals surface area contributed by atoms with Gasteiger partial charge in [-0.2, -0.15) is 0 Å². The monoisotopic (exact) mass is 1030 g/mol. The smallest absolute Gasteiger partial charge is 0.748 e. The Morgan fingerprint density at radius 2 is 0.797 bits per heavy atom. The van der Waals surface area contributed by atoms with E-state index in [0.717, 1.165) is 133 Å². The van der Waals surface area contributed by atoms with Crippen LogP contribution in [0, 0.1) is 5.92 Å². The number of methoxy groups -OCH3 is 4. The minimum absolute atomic E-state index is 0. The van der Waals surface area contributed by atoms with E-state index in [-0.39, 0.29) is 41.9 Å². The van der Waals surface area contributed by atoms with E-state index in [2.05, 4.69) is 99.6 Å². The Labute approximate surface area is 461 Å². The molecule has 0 N–H and O–H groups in total. The first kappa shape index (κ1) is 52.5. The summed E-state index contributed by atoms with van der Waals surface area (Å²) in [4.78, 5) is 8.77. The molecule has 1 unspecified atom stereocenters. The zero-order chi connectivity index (χ0) is 50.5. The van der Waals surface area contributed by atoms with Crippen molar-refractivity contribution in [1.82, 2.24) is 0 Å². The number of benzene rings is 8. The van der Waals surface area contributed by atoms with Crippen LogP contribution >= 0.6 is 11.8 Å². The normalized spacial score (nSPS) is 13.7. The second-order valence-electron chi connectivity index (χ2n) is 18.4. The summed E-state index contributed by atoms with van der Waals surface area (Å²) < 4.78 is 61.2. The molecule has 10 rings (SSSR count). The van der Waals surface area contributed by atoms with Gasteiger partial charge in [0.15, 0.2) is 0 Å². The van der Waals surface area contributed by atoms with Gasteiger partial charge >= 0.3 is 29.6 Å². The molecular weight excluding hydrogens is 974 g/mol. The van der Waals surface area contributed by atoms with E-state index >= 15 is 0 Å². The van der Waals surface area contributed by atoms with Crippen LogP contribution in [0.2, 0.25) is 0 Å². The molecule has 0 amide bonds. The van der Waals surface area contributed by atoms with Crippen molar-refractivity contribution < 1.29 is 61.5 Å². The molecule has 1 saturated carbocycles. The Hall–Kier alpha value is -6.38. The summed E-state index contributed by atoms with van der Waals surface area (Å²) in [6.07, 6.45) is 4.72. The van der Waals surface area contributed by atoms with Gasteiger partial charge in [0.1, 0.15) is 23.0 Å². The number of nitrogens with zero attached hydrogens (tertiary/aromatic N) is 3. The predicted octanol–water partition coefficient (Wildman–Crippen LogP) is 12.5. The van der Waals surface area contributed by atoms with Crippen molar-refractivity contribution in [2.45, 2.75) is 53.6 Å². The van der Waals surface area contributed by atoms with Crippen molar-refractivity contribution in [2.24, 2.45) is 5.92 Å². The van der Waals surface area contributed by atoms with Gasteiger partial charge < -0.3 is 38.2 Å². The average molecular weight is 1030 g/mol. The van der Waals surface area contributed by atoms with Gasteiger partial charge in [0.2, 0.25) is 0 Å². The van der Waals surface area contributed by atoms with E-state index in [4.69, 9.17) is 18.9 Å². The molecule has 2 aliphatic rings. The molecule has 10 nitrogen and oxygen atoms in total. The van der Waals surface area contributed by atoms with Crippen LogP contribution in [-0.4, -0.2) is 53.2 Å². The molecule has 1 heterocycles. The molecule has 8 aromatic rings. The second kappa shape index (κ2) is 23.4. The number of ether oxygens (including phenoxy) is 4. The number of fused-ring (bicyclic) bond motifs is 2. The number of hydrogen-bond acceptors (Lipinski definition) is 11. The third-order valence-corrected chi connectivity index (χ3v) is 16.6.